The number of ether oxygens (including phenoxy) is 1. The molecule has 4 atom stereocenters. The number of aliphatic hydroxyl groups excluding tert-OH is 1. The van der Waals surface area contributed by atoms with Gasteiger partial charge in [0.2, 0.25) is 0 Å². The second-order valence-electron chi connectivity index (χ2n) is 7.27. The number of nitrogens with zero attached hydrogens (tertiary/aromatic N) is 2. The summed E-state index contributed by atoms with van der Waals surface area (Å²) in [5.74, 6) is 1.35. The third kappa shape index (κ3) is 3.98. The van der Waals surface area contributed by atoms with E-state index in [2.05, 4.69) is 16.7 Å². The number of morpholine rings is 1. The fraction of sp³-hybridized carbons (Fsp3) is 1.00. The average molecular weight is 296 g/mol. The molecule has 21 heavy (non-hydrogen) atoms. The van der Waals surface area contributed by atoms with Gasteiger partial charge in [-0.1, -0.05) is 13.3 Å². The van der Waals surface area contributed by atoms with Crippen molar-refractivity contribution in [2.24, 2.45) is 11.8 Å². The summed E-state index contributed by atoms with van der Waals surface area (Å²) in [7, 11) is 0. The Morgan fingerprint density at radius 3 is 2.67 bits per heavy atom. The second-order valence-corrected chi connectivity index (χ2v) is 7.27. The summed E-state index contributed by atoms with van der Waals surface area (Å²) < 4.78 is 5.46. The van der Waals surface area contributed by atoms with E-state index in [0.717, 1.165) is 51.2 Å². The predicted octanol–water partition coefficient (Wildman–Crippen LogP) is 1.58. The molecule has 3 rings (SSSR count). The Bertz CT molecular complexity index is 320. The van der Waals surface area contributed by atoms with Gasteiger partial charge in [0, 0.05) is 32.2 Å². The maximum atomic E-state index is 10.3. The molecule has 4 nitrogen and oxygen atoms in total. The standard InChI is InChI=1S/C17H32N2O2/c1-2-14-3-4-17(20)15(11-14)12-18-6-5-16(13-18)19-7-9-21-10-8-19/h14-17,20H,2-13H2,1H3. The van der Waals surface area contributed by atoms with Crippen LogP contribution in [0.5, 0.6) is 0 Å². The lowest BCUT2D eigenvalue weighted by molar-refractivity contribution is 0.0134. The number of rotatable bonds is 4. The van der Waals surface area contributed by atoms with Gasteiger partial charge < -0.3 is 14.7 Å². The van der Waals surface area contributed by atoms with E-state index in [4.69, 9.17) is 4.74 Å². The lowest BCUT2D eigenvalue weighted by atomic mass is 9.78. The monoisotopic (exact) mass is 296 g/mol. The average Bonchev–Trinajstić information content (AvgIpc) is 2.99. The molecule has 122 valence electrons. The van der Waals surface area contributed by atoms with Crippen molar-refractivity contribution < 1.29 is 9.84 Å². The van der Waals surface area contributed by atoms with Crippen molar-refractivity contribution in [1.29, 1.82) is 0 Å². The van der Waals surface area contributed by atoms with Gasteiger partial charge in [0.25, 0.3) is 0 Å². The molecule has 1 saturated carbocycles. The van der Waals surface area contributed by atoms with Crippen molar-refractivity contribution in [3.63, 3.8) is 0 Å². The van der Waals surface area contributed by atoms with Crippen LogP contribution >= 0.6 is 0 Å². The largest absolute Gasteiger partial charge is 0.393 e. The summed E-state index contributed by atoms with van der Waals surface area (Å²) in [5.41, 5.74) is 0. The molecule has 0 bridgehead atoms. The highest BCUT2D eigenvalue weighted by molar-refractivity contribution is 4.88. The van der Waals surface area contributed by atoms with Gasteiger partial charge >= 0.3 is 0 Å². The molecule has 3 aliphatic rings. The molecule has 0 aromatic rings. The molecule has 2 saturated heterocycles. The Kier molecular flexibility index (Phi) is 5.54. The van der Waals surface area contributed by atoms with Crippen LogP contribution < -0.4 is 0 Å². The van der Waals surface area contributed by atoms with Gasteiger partial charge in [-0.05, 0) is 44.1 Å². The van der Waals surface area contributed by atoms with E-state index in [-0.39, 0.29) is 6.10 Å². The first-order valence-electron chi connectivity index (χ1n) is 8.98. The lowest BCUT2D eigenvalue weighted by Gasteiger charge is -2.36. The van der Waals surface area contributed by atoms with Crippen LogP contribution in [0.25, 0.3) is 0 Å². The SMILES string of the molecule is CCC1CCC(O)C(CN2CCC(N3CCOCC3)C2)C1. The Labute approximate surface area is 129 Å². The zero-order chi connectivity index (χ0) is 14.7. The summed E-state index contributed by atoms with van der Waals surface area (Å²) in [6.45, 7) is 9.81. The molecule has 4 unspecified atom stereocenters. The summed E-state index contributed by atoms with van der Waals surface area (Å²) in [6, 6.07) is 0.719. The molecule has 0 aromatic carbocycles. The third-order valence-electron chi connectivity index (χ3n) is 5.93. The number of likely N-dealkylation sites (tertiary alicyclic amines) is 1. The Morgan fingerprint density at radius 2 is 1.90 bits per heavy atom. The van der Waals surface area contributed by atoms with Crippen LogP contribution in [-0.2, 0) is 4.74 Å². The topological polar surface area (TPSA) is 35.9 Å². The van der Waals surface area contributed by atoms with Crippen LogP contribution in [0, 0.1) is 11.8 Å². The third-order valence-corrected chi connectivity index (χ3v) is 5.93. The molecule has 4 heteroatoms. The molecule has 0 aromatic heterocycles. The van der Waals surface area contributed by atoms with Crippen LogP contribution in [0.3, 0.4) is 0 Å². The summed E-state index contributed by atoms with van der Waals surface area (Å²) in [5, 5.41) is 10.3. The molecule has 1 aliphatic carbocycles. The van der Waals surface area contributed by atoms with Gasteiger partial charge in [0.15, 0.2) is 0 Å². The van der Waals surface area contributed by atoms with Crippen LogP contribution in [0.15, 0.2) is 0 Å². The summed E-state index contributed by atoms with van der Waals surface area (Å²) in [6.07, 6.45) is 5.99. The van der Waals surface area contributed by atoms with E-state index in [0.29, 0.717) is 5.92 Å². The molecule has 3 fully saturated rings. The second kappa shape index (κ2) is 7.40. The van der Waals surface area contributed by atoms with E-state index < -0.39 is 0 Å². The number of hydrogen-bond donors (Lipinski definition) is 1. The minimum atomic E-state index is -0.0600. The van der Waals surface area contributed by atoms with E-state index in [9.17, 15) is 5.11 Å². The minimum Gasteiger partial charge on any atom is -0.393 e. The first-order chi connectivity index (χ1) is 10.3. The van der Waals surface area contributed by atoms with E-state index in [1.807, 2.05) is 0 Å². The van der Waals surface area contributed by atoms with E-state index in [1.165, 1.54) is 38.8 Å². The first-order valence-corrected chi connectivity index (χ1v) is 8.98. The minimum absolute atomic E-state index is 0.0600. The molecule has 1 N–H and O–H groups in total. The molecular formula is C17H32N2O2. The molecule has 0 spiro atoms. The Hall–Kier alpha value is -0.160. The van der Waals surface area contributed by atoms with Crippen molar-refractivity contribution in [2.75, 3.05) is 45.9 Å². The Balaban J connectivity index is 1.47. The van der Waals surface area contributed by atoms with Crippen molar-refractivity contribution in [3.8, 4) is 0 Å². The van der Waals surface area contributed by atoms with Gasteiger partial charge in [0.1, 0.15) is 0 Å². The highest BCUT2D eigenvalue weighted by Crippen LogP contribution is 2.32. The Morgan fingerprint density at radius 1 is 1.10 bits per heavy atom. The van der Waals surface area contributed by atoms with E-state index >= 15 is 0 Å². The normalized spacial score (nSPS) is 39.7. The molecule has 0 amide bonds. The molecule has 0 radical (unpaired) electrons. The van der Waals surface area contributed by atoms with Crippen molar-refractivity contribution in [1.82, 2.24) is 9.80 Å². The van der Waals surface area contributed by atoms with Gasteiger partial charge in [-0.2, -0.15) is 0 Å². The highest BCUT2D eigenvalue weighted by Gasteiger charge is 2.33. The van der Waals surface area contributed by atoms with Gasteiger partial charge in [-0.3, -0.25) is 4.90 Å². The number of hydrogen-bond acceptors (Lipinski definition) is 4. The van der Waals surface area contributed by atoms with Crippen molar-refractivity contribution in [3.05, 3.63) is 0 Å². The zero-order valence-electron chi connectivity index (χ0n) is 13.5. The summed E-state index contributed by atoms with van der Waals surface area (Å²) >= 11 is 0. The van der Waals surface area contributed by atoms with Crippen LogP contribution in [0.2, 0.25) is 0 Å². The van der Waals surface area contributed by atoms with Crippen LogP contribution in [-0.4, -0.2) is 73.0 Å². The quantitative estimate of drug-likeness (QED) is 0.854. The first kappa shape index (κ1) is 15.7. The fourth-order valence-corrected chi connectivity index (χ4v) is 4.46. The van der Waals surface area contributed by atoms with Crippen LogP contribution in [0.1, 0.15) is 39.0 Å². The predicted molar refractivity (Wildman–Crippen MR) is 84.4 cm³/mol. The molecule has 2 heterocycles. The van der Waals surface area contributed by atoms with Gasteiger partial charge in [0.05, 0.1) is 19.3 Å². The van der Waals surface area contributed by atoms with E-state index in [1.54, 1.807) is 0 Å². The molecular weight excluding hydrogens is 264 g/mol. The maximum Gasteiger partial charge on any atom is 0.0594 e. The van der Waals surface area contributed by atoms with Crippen LogP contribution in [0.4, 0.5) is 0 Å². The van der Waals surface area contributed by atoms with Gasteiger partial charge in [-0.25, -0.2) is 0 Å². The lowest BCUT2D eigenvalue weighted by Crippen LogP contribution is -2.45. The van der Waals surface area contributed by atoms with Gasteiger partial charge in [-0.15, -0.1) is 0 Å². The van der Waals surface area contributed by atoms with Crippen molar-refractivity contribution in [2.45, 2.75) is 51.2 Å². The highest BCUT2D eigenvalue weighted by atomic mass is 16.5. The van der Waals surface area contributed by atoms with Crippen molar-refractivity contribution >= 4 is 0 Å². The summed E-state index contributed by atoms with van der Waals surface area (Å²) in [4.78, 5) is 5.21. The molecule has 2 aliphatic heterocycles. The maximum absolute atomic E-state index is 10.3. The smallest absolute Gasteiger partial charge is 0.0594 e. The zero-order valence-corrected chi connectivity index (χ0v) is 13.5. The fourth-order valence-electron chi connectivity index (χ4n) is 4.46. The number of aliphatic hydroxyl groups is 1.